The zero-order valence-corrected chi connectivity index (χ0v) is 10.9. The molecule has 0 spiro atoms. The minimum atomic E-state index is -0.943. The van der Waals surface area contributed by atoms with Crippen molar-refractivity contribution < 1.29 is 9.84 Å². The van der Waals surface area contributed by atoms with Crippen LogP contribution >= 0.6 is 11.6 Å². The number of benzene rings is 2. The summed E-state index contributed by atoms with van der Waals surface area (Å²) >= 11 is 5.97. The molecule has 0 unspecified atom stereocenters. The molecule has 2 aromatic carbocycles. The van der Waals surface area contributed by atoms with E-state index in [9.17, 15) is 5.11 Å². The molecule has 0 radical (unpaired) electrons. The summed E-state index contributed by atoms with van der Waals surface area (Å²) in [5.41, 5.74) is -0.184. The molecule has 0 saturated carbocycles. The normalized spacial score (nSPS) is 11.8. The molecule has 0 heterocycles. The van der Waals surface area contributed by atoms with E-state index in [1.54, 1.807) is 21.0 Å². The molecule has 0 aliphatic carbocycles. The van der Waals surface area contributed by atoms with E-state index in [1.807, 2.05) is 30.3 Å². The van der Waals surface area contributed by atoms with E-state index in [-0.39, 0.29) is 0 Å². The van der Waals surface area contributed by atoms with Crippen LogP contribution in [0.25, 0.3) is 10.8 Å². The van der Waals surface area contributed by atoms with Gasteiger partial charge in [0.25, 0.3) is 0 Å². The predicted molar refractivity (Wildman–Crippen MR) is 70.8 cm³/mol. The van der Waals surface area contributed by atoms with Gasteiger partial charge in [0.1, 0.15) is 5.75 Å². The molecule has 0 aliphatic rings. The number of halogens is 1. The number of aliphatic hydroxyl groups is 1. The van der Waals surface area contributed by atoms with Crippen LogP contribution in [-0.4, -0.2) is 12.2 Å². The first-order valence-electron chi connectivity index (χ1n) is 5.42. The number of hydrogen-bond donors (Lipinski definition) is 1. The van der Waals surface area contributed by atoms with Gasteiger partial charge in [-0.15, -0.1) is 0 Å². The van der Waals surface area contributed by atoms with Crippen molar-refractivity contribution >= 4 is 22.4 Å². The van der Waals surface area contributed by atoms with E-state index in [2.05, 4.69) is 0 Å². The second kappa shape index (κ2) is 4.21. The zero-order chi connectivity index (χ0) is 12.6. The summed E-state index contributed by atoms with van der Waals surface area (Å²) in [5, 5.41) is 12.8. The summed E-state index contributed by atoms with van der Waals surface area (Å²) in [4.78, 5) is 0. The fraction of sp³-hybridized carbons (Fsp3) is 0.286. The Bertz CT molecular complexity index is 556. The molecule has 0 amide bonds. The van der Waals surface area contributed by atoms with Crippen LogP contribution in [0.1, 0.15) is 19.4 Å². The molecule has 2 nitrogen and oxygen atoms in total. The first-order valence-corrected chi connectivity index (χ1v) is 5.80. The molecular formula is C14H15ClO2. The standard InChI is InChI=1S/C14H15ClO2/c1-14(2,16)12-7-10-6-11(15)5-4-9(10)8-13(12)17-3/h4-8,16H,1-3H3. The van der Waals surface area contributed by atoms with E-state index < -0.39 is 5.60 Å². The summed E-state index contributed by atoms with van der Waals surface area (Å²) < 4.78 is 5.32. The fourth-order valence-corrected chi connectivity index (χ4v) is 2.08. The number of hydrogen-bond acceptors (Lipinski definition) is 2. The van der Waals surface area contributed by atoms with E-state index in [0.29, 0.717) is 10.8 Å². The maximum absolute atomic E-state index is 10.1. The Labute approximate surface area is 106 Å². The second-order valence-corrected chi connectivity index (χ2v) is 5.04. The van der Waals surface area contributed by atoms with Crippen LogP contribution in [0.5, 0.6) is 5.75 Å². The zero-order valence-electron chi connectivity index (χ0n) is 10.1. The molecular weight excluding hydrogens is 236 g/mol. The summed E-state index contributed by atoms with van der Waals surface area (Å²) in [6.45, 7) is 3.47. The largest absolute Gasteiger partial charge is 0.496 e. The molecule has 2 aromatic rings. The van der Waals surface area contributed by atoms with Crippen molar-refractivity contribution in [2.75, 3.05) is 7.11 Å². The smallest absolute Gasteiger partial charge is 0.125 e. The predicted octanol–water partition coefficient (Wildman–Crippen LogP) is 3.73. The highest BCUT2D eigenvalue weighted by Gasteiger charge is 2.21. The lowest BCUT2D eigenvalue weighted by atomic mass is 9.94. The first kappa shape index (κ1) is 12.2. The number of fused-ring (bicyclic) bond motifs is 1. The van der Waals surface area contributed by atoms with Gasteiger partial charge < -0.3 is 9.84 Å². The number of ether oxygens (including phenoxy) is 1. The van der Waals surface area contributed by atoms with Gasteiger partial charge in [0.2, 0.25) is 0 Å². The van der Waals surface area contributed by atoms with Gasteiger partial charge in [0.05, 0.1) is 12.7 Å². The molecule has 0 atom stereocenters. The van der Waals surface area contributed by atoms with Crippen molar-refractivity contribution in [2.24, 2.45) is 0 Å². The Morgan fingerprint density at radius 2 is 1.82 bits per heavy atom. The van der Waals surface area contributed by atoms with Crippen LogP contribution in [0.15, 0.2) is 30.3 Å². The summed E-state index contributed by atoms with van der Waals surface area (Å²) in [5.74, 6) is 0.687. The Balaban J connectivity index is 2.74. The Hall–Kier alpha value is -1.25. The summed E-state index contributed by atoms with van der Waals surface area (Å²) in [6.07, 6.45) is 0. The molecule has 90 valence electrons. The molecule has 3 heteroatoms. The molecule has 1 N–H and O–H groups in total. The van der Waals surface area contributed by atoms with Gasteiger partial charge in [-0.25, -0.2) is 0 Å². The highest BCUT2D eigenvalue weighted by Crippen LogP contribution is 2.34. The number of rotatable bonds is 2. The van der Waals surface area contributed by atoms with Gasteiger partial charge in [0.15, 0.2) is 0 Å². The van der Waals surface area contributed by atoms with Crippen LogP contribution in [0, 0.1) is 0 Å². The fourth-order valence-electron chi connectivity index (χ4n) is 1.89. The maximum Gasteiger partial charge on any atom is 0.125 e. The SMILES string of the molecule is COc1cc2ccc(Cl)cc2cc1C(C)(C)O. The van der Waals surface area contributed by atoms with Crippen molar-refractivity contribution in [1.29, 1.82) is 0 Å². The molecule has 2 rings (SSSR count). The van der Waals surface area contributed by atoms with Crippen LogP contribution in [0.3, 0.4) is 0 Å². The maximum atomic E-state index is 10.1. The van der Waals surface area contributed by atoms with Crippen molar-refractivity contribution in [2.45, 2.75) is 19.4 Å². The van der Waals surface area contributed by atoms with Gasteiger partial charge in [-0.2, -0.15) is 0 Å². The average molecular weight is 251 g/mol. The molecule has 0 bridgehead atoms. The third kappa shape index (κ3) is 2.38. The van der Waals surface area contributed by atoms with Gasteiger partial charge in [-0.05, 0) is 48.9 Å². The average Bonchev–Trinajstić information content (AvgIpc) is 2.26. The molecule has 0 fully saturated rings. The molecule has 0 saturated heterocycles. The Morgan fingerprint density at radius 1 is 1.12 bits per heavy atom. The Kier molecular flexibility index (Phi) is 3.02. The van der Waals surface area contributed by atoms with Gasteiger partial charge in [-0.1, -0.05) is 17.7 Å². The van der Waals surface area contributed by atoms with Crippen LogP contribution < -0.4 is 4.74 Å². The van der Waals surface area contributed by atoms with Gasteiger partial charge in [-0.3, -0.25) is 0 Å². The third-order valence-electron chi connectivity index (χ3n) is 2.78. The number of methoxy groups -OCH3 is 1. The van der Waals surface area contributed by atoms with Crippen molar-refractivity contribution in [3.63, 3.8) is 0 Å². The quantitative estimate of drug-likeness (QED) is 0.880. The van der Waals surface area contributed by atoms with Crippen LogP contribution in [-0.2, 0) is 5.60 Å². The minimum absolute atomic E-state index is 0.685. The Morgan fingerprint density at radius 3 is 2.41 bits per heavy atom. The lowest BCUT2D eigenvalue weighted by Gasteiger charge is -2.21. The van der Waals surface area contributed by atoms with Crippen molar-refractivity contribution in [1.82, 2.24) is 0 Å². The lowest BCUT2D eigenvalue weighted by Crippen LogP contribution is -2.16. The monoisotopic (exact) mass is 250 g/mol. The van der Waals surface area contributed by atoms with E-state index in [1.165, 1.54) is 0 Å². The third-order valence-corrected chi connectivity index (χ3v) is 3.01. The van der Waals surface area contributed by atoms with Gasteiger partial charge >= 0.3 is 0 Å². The highest BCUT2D eigenvalue weighted by molar-refractivity contribution is 6.31. The summed E-state index contributed by atoms with van der Waals surface area (Å²) in [7, 11) is 1.60. The van der Waals surface area contributed by atoms with Crippen molar-refractivity contribution in [3.8, 4) is 5.75 Å². The van der Waals surface area contributed by atoms with E-state index in [0.717, 1.165) is 16.3 Å². The minimum Gasteiger partial charge on any atom is -0.496 e. The van der Waals surface area contributed by atoms with E-state index in [4.69, 9.17) is 16.3 Å². The highest BCUT2D eigenvalue weighted by atomic mass is 35.5. The van der Waals surface area contributed by atoms with Crippen LogP contribution in [0.4, 0.5) is 0 Å². The van der Waals surface area contributed by atoms with Gasteiger partial charge in [0, 0.05) is 10.6 Å². The second-order valence-electron chi connectivity index (χ2n) is 4.60. The molecule has 0 aliphatic heterocycles. The van der Waals surface area contributed by atoms with Crippen LogP contribution in [0.2, 0.25) is 5.02 Å². The van der Waals surface area contributed by atoms with Crippen molar-refractivity contribution in [3.05, 3.63) is 40.9 Å². The summed E-state index contributed by atoms with van der Waals surface area (Å²) in [6, 6.07) is 9.49. The van der Waals surface area contributed by atoms with E-state index >= 15 is 0 Å². The molecule has 17 heavy (non-hydrogen) atoms. The lowest BCUT2D eigenvalue weighted by molar-refractivity contribution is 0.0758. The molecule has 0 aromatic heterocycles. The topological polar surface area (TPSA) is 29.5 Å². The first-order chi connectivity index (χ1) is 7.91.